The summed E-state index contributed by atoms with van der Waals surface area (Å²) in [5.74, 6) is -1.16. The molecular formula is C30H25FN2O5. The minimum absolute atomic E-state index is 0.0452. The van der Waals surface area contributed by atoms with E-state index in [0.717, 1.165) is 19.3 Å². The first-order valence-electron chi connectivity index (χ1n) is 12.5. The molecule has 7 nitrogen and oxygen atoms in total. The Morgan fingerprint density at radius 1 is 1.05 bits per heavy atom. The SMILES string of the molecule is CNC(=O)c1c(-c2ccc(F)cc2)oc2cc(CC(=O)O)c(-c3cccc(C(=O)NC45CCC4C5)c3)cc12. The molecule has 2 aliphatic carbocycles. The molecule has 192 valence electrons. The molecule has 2 fully saturated rings. The highest BCUT2D eigenvalue weighted by atomic mass is 19.1. The monoisotopic (exact) mass is 512 g/mol. The molecule has 2 unspecified atom stereocenters. The topological polar surface area (TPSA) is 109 Å². The van der Waals surface area contributed by atoms with Crippen LogP contribution in [0, 0.1) is 11.7 Å². The fourth-order valence-electron chi connectivity index (χ4n) is 5.54. The minimum atomic E-state index is -1.03. The minimum Gasteiger partial charge on any atom is -0.481 e. The first kappa shape index (κ1) is 23.9. The lowest BCUT2D eigenvalue weighted by Crippen LogP contribution is -2.42. The van der Waals surface area contributed by atoms with Crippen LogP contribution in [0.25, 0.3) is 33.4 Å². The first-order valence-corrected chi connectivity index (χ1v) is 12.5. The van der Waals surface area contributed by atoms with Crippen LogP contribution in [0.2, 0.25) is 0 Å². The van der Waals surface area contributed by atoms with Gasteiger partial charge in [-0.3, -0.25) is 14.4 Å². The molecule has 2 amide bonds. The van der Waals surface area contributed by atoms with Crippen LogP contribution in [-0.2, 0) is 11.2 Å². The third-order valence-electron chi connectivity index (χ3n) is 7.79. The van der Waals surface area contributed by atoms with Gasteiger partial charge in [0.25, 0.3) is 11.8 Å². The van der Waals surface area contributed by atoms with Gasteiger partial charge in [-0.1, -0.05) is 12.1 Å². The number of fused-ring (bicyclic) bond motifs is 2. The van der Waals surface area contributed by atoms with Crippen LogP contribution in [0.1, 0.15) is 45.5 Å². The van der Waals surface area contributed by atoms with Crippen molar-refractivity contribution in [3.63, 3.8) is 0 Å². The second kappa shape index (κ2) is 8.83. The number of rotatable bonds is 7. The summed E-state index contributed by atoms with van der Waals surface area (Å²) in [4.78, 5) is 37.7. The number of carboxylic acid groups (broad SMARTS) is 1. The van der Waals surface area contributed by atoms with E-state index in [0.29, 0.717) is 44.7 Å². The molecule has 2 aliphatic rings. The summed E-state index contributed by atoms with van der Waals surface area (Å²) in [5, 5.41) is 15.9. The standard InChI is InChI=1S/C30H25FN2O5/c1-32-29(37)26-23-14-22(17-3-2-4-18(11-17)28(36)33-30-10-9-20(30)15-30)19(13-25(34)35)12-24(23)38-27(26)16-5-7-21(31)8-6-16/h2-8,11-12,14,20H,9-10,13,15H2,1H3,(H,32,37)(H,33,36)(H,34,35). The van der Waals surface area contributed by atoms with Gasteiger partial charge in [-0.2, -0.15) is 0 Å². The van der Waals surface area contributed by atoms with Crippen LogP contribution in [0.15, 0.2) is 65.1 Å². The van der Waals surface area contributed by atoms with Crippen molar-refractivity contribution in [2.75, 3.05) is 7.05 Å². The maximum atomic E-state index is 13.6. The average Bonchev–Trinajstić information content (AvgIpc) is 3.22. The second-order valence-electron chi connectivity index (χ2n) is 10.1. The van der Waals surface area contributed by atoms with Gasteiger partial charge in [-0.05, 0) is 90.4 Å². The van der Waals surface area contributed by atoms with E-state index in [4.69, 9.17) is 4.42 Å². The molecule has 0 bridgehead atoms. The van der Waals surface area contributed by atoms with E-state index in [1.165, 1.54) is 31.3 Å². The summed E-state index contributed by atoms with van der Waals surface area (Å²) in [5.41, 5.74) is 3.26. The fourth-order valence-corrected chi connectivity index (χ4v) is 5.54. The number of carbonyl (C=O) groups excluding carboxylic acids is 2. The summed E-state index contributed by atoms with van der Waals surface area (Å²) >= 11 is 0. The highest BCUT2D eigenvalue weighted by Crippen LogP contribution is 2.59. The lowest BCUT2D eigenvalue weighted by molar-refractivity contribution is -0.136. The van der Waals surface area contributed by atoms with Crippen molar-refractivity contribution in [3.05, 3.63) is 83.2 Å². The summed E-state index contributed by atoms with van der Waals surface area (Å²) < 4.78 is 19.6. The van der Waals surface area contributed by atoms with Gasteiger partial charge in [0, 0.05) is 29.1 Å². The van der Waals surface area contributed by atoms with Crippen LogP contribution < -0.4 is 10.6 Å². The number of amides is 2. The summed E-state index contributed by atoms with van der Waals surface area (Å²) in [6.45, 7) is 0. The van der Waals surface area contributed by atoms with Crippen LogP contribution in [0.5, 0.6) is 0 Å². The van der Waals surface area contributed by atoms with Crippen molar-refractivity contribution in [1.29, 1.82) is 0 Å². The van der Waals surface area contributed by atoms with Gasteiger partial charge in [-0.15, -0.1) is 0 Å². The predicted molar refractivity (Wildman–Crippen MR) is 139 cm³/mol. The summed E-state index contributed by atoms with van der Waals surface area (Å²) in [6, 6.07) is 16.0. The zero-order valence-electron chi connectivity index (χ0n) is 20.6. The van der Waals surface area contributed by atoms with E-state index < -0.39 is 17.7 Å². The van der Waals surface area contributed by atoms with E-state index in [-0.39, 0.29) is 29.2 Å². The van der Waals surface area contributed by atoms with Gasteiger partial charge in [0.1, 0.15) is 17.2 Å². The largest absolute Gasteiger partial charge is 0.481 e. The first-order chi connectivity index (χ1) is 18.3. The van der Waals surface area contributed by atoms with E-state index in [9.17, 15) is 23.9 Å². The Morgan fingerprint density at radius 2 is 1.84 bits per heavy atom. The molecule has 3 N–H and O–H groups in total. The number of furan rings is 1. The molecule has 8 heteroatoms. The molecule has 2 atom stereocenters. The maximum Gasteiger partial charge on any atom is 0.307 e. The van der Waals surface area contributed by atoms with Crippen LogP contribution in [-0.4, -0.2) is 35.5 Å². The second-order valence-corrected chi connectivity index (χ2v) is 10.1. The van der Waals surface area contributed by atoms with Crippen LogP contribution in [0.3, 0.4) is 0 Å². The third kappa shape index (κ3) is 4.02. The number of hydrogen-bond acceptors (Lipinski definition) is 4. The van der Waals surface area contributed by atoms with E-state index >= 15 is 0 Å². The van der Waals surface area contributed by atoms with E-state index in [2.05, 4.69) is 10.6 Å². The van der Waals surface area contributed by atoms with Gasteiger partial charge in [-0.25, -0.2) is 4.39 Å². The Labute approximate surface area is 217 Å². The van der Waals surface area contributed by atoms with Crippen molar-refractivity contribution in [2.45, 2.75) is 31.2 Å². The quantitative estimate of drug-likeness (QED) is 0.316. The Kier molecular flexibility index (Phi) is 5.56. The van der Waals surface area contributed by atoms with Crippen molar-refractivity contribution >= 4 is 28.8 Å². The van der Waals surface area contributed by atoms with E-state index in [1.807, 2.05) is 6.07 Å². The highest BCUT2D eigenvalue weighted by molar-refractivity contribution is 6.12. The number of benzene rings is 3. The Morgan fingerprint density at radius 3 is 2.47 bits per heavy atom. The molecule has 2 saturated carbocycles. The smallest absolute Gasteiger partial charge is 0.307 e. The Bertz CT molecular complexity index is 1620. The zero-order chi connectivity index (χ0) is 26.6. The molecule has 0 aliphatic heterocycles. The van der Waals surface area contributed by atoms with Gasteiger partial charge in [0.05, 0.1) is 12.0 Å². The lowest BCUT2D eigenvalue weighted by atomic mass is 9.91. The van der Waals surface area contributed by atoms with Crippen molar-refractivity contribution in [1.82, 2.24) is 10.6 Å². The summed E-state index contributed by atoms with van der Waals surface area (Å²) in [6.07, 6.45) is 2.89. The number of aliphatic carboxylic acids is 1. The third-order valence-corrected chi connectivity index (χ3v) is 7.79. The normalized spacial score (nSPS) is 19.4. The molecule has 3 aromatic carbocycles. The molecule has 0 saturated heterocycles. The molecule has 1 heterocycles. The molecule has 4 aromatic rings. The van der Waals surface area contributed by atoms with Gasteiger partial charge >= 0.3 is 5.97 Å². The molecule has 6 rings (SSSR count). The van der Waals surface area contributed by atoms with Crippen LogP contribution in [0.4, 0.5) is 4.39 Å². The maximum absolute atomic E-state index is 13.6. The zero-order valence-corrected chi connectivity index (χ0v) is 20.6. The van der Waals surface area contributed by atoms with Gasteiger partial charge < -0.3 is 20.2 Å². The van der Waals surface area contributed by atoms with Gasteiger partial charge in [0.15, 0.2) is 0 Å². The molecular weight excluding hydrogens is 487 g/mol. The number of carbonyl (C=O) groups is 3. The van der Waals surface area contributed by atoms with Crippen molar-refractivity contribution < 1.29 is 28.3 Å². The van der Waals surface area contributed by atoms with Crippen molar-refractivity contribution in [2.24, 2.45) is 5.92 Å². The number of nitrogens with one attached hydrogen (secondary N) is 2. The number of halogens is 1. The van der Waals surface area contributed by atoms with Crippen molar-refractivity contribution in [3.8, 4) is 22.5 Å². The molecule has 1 aromatic heterocycles. The molecule has 0 spiro atoms. The van der Waals surface area contributed by atoms with Gasteiger partial charge in [0.2, 0.25) is 0 Å². The van der Waals surface area contributed by atoms with E-state index in [1.54, 1.807) is 30.3 Å². The Hall–Kier alpha value is -4.46. The highest BCUT2D eigenvalue weighted by Gasteiger charge is 2.61. The average molecular weight is 513 g/mol. The fraction of sp³-hybridized carbons (Fsp3) is 0.233. The number of hydrogen-bond donors (Lipinski definition) is 3. The Balaban J connectivity index is 1.48. The lowest BCUT2D eigenvalue weighted by Gasteiger charge is -2.26. The van der Waals surface area contributed by atoms with Crippen LogP contribution >= 0.6 is 0 Å². The predicted octanol–water partition coefficient (Wildman–Crippen LogP) is 5.17. The summed E-state index contributed by atoms with van der Waals surface area (Å²) in [7, 11) is 1.50. The number of carboxylic acids is 1. The molecule has 0 radical (unpaired) electrons. The molecule has 38 heavy (non-hydrogen) atoms.